The van der Waals surface area contributed by atoms with Crippen LogP contribution < -0.4 is 0 Å². The van der Waals surface area contributed by atoms with Crippen LogP contribution in [0.1, 0.15) is 40.2 Å². The molecule has 152 valence electrons. The van der Waals surface area contributed by atoms with Crippen molar-refractivity contribution in [1.82, 2.24) is 0 Å². The molecule has 0 saturated carbocycles. The third kappa shape index (κ3) is 5.96. The van der Waals surface area contributed by atoms with Crippen molar-refractivity contribution >= 4 is 14.6 Å². The molecule has 0 aromatic heterocycles. The molecular formula is C21H34O5Si. The Balaban J connectivity index is 2.19. The molecule has 0 amide bonds. The zero-order chi connectivity index (χ0) is 20.3. The minimum absolute atomic E-state index is 0.00704. The first-order valence-corrected chi connectivity index (χ1v) is 12.5. The Bertz CT molecular complexity index is 609. The van der Waals surface area contributed by atoms with Gasteiger partial charge in [0.25, 0.3) is 0 Å². The summed E-state index contributed by atoms with van der Waals surface area (Å²) in [6, 6.07) is 9.81. The smallest absolute Gasteiger partial charge is 0.192 e. The summed E-state index contributed by atoms with van der Waals surface area (Å²) in [7, 11) is -2.14. The van der Waals surface area contributed by atoms with Gasteiger partial charge in [-0.2, -0.15) is 0 Å². The molecule has 0 radical (unpaired) electrons. The van der Waals surface area contributed by atoms with Gasteiger partial charge in [0.1, 0.15) is 18.3 Å². The lowest BCUT2D eigenvalue weighted by Crippen LogP contribution is -2.53. The zero-order valence-electron chi connectivity index (χ0n) is 17.7. The molecule has 0 unspecified atom stereocenters. The maximum atomic E-state index is 11.9. The molecule has 0 bridgehead atoms. The summed E-state index contributed by atoms with van der Waals surface area (Å²) in [5.41, 5.74) is 1.01. The van der Waals surface area contributed by atoms with Crippen molar-refractivity contribution in [2.45, 2.75) is 83.5 Å². The van der Waals surface area contributed by atoms with Gasteiger partial charge >= 0.3 is 0 Å². The van der Waals surface area contributed by atoms with Gasteiger partial charge in [-0.05, 0) is 37.5 Å². The van der Waals surface area contributed by atoms with Crippen LogP contribution >= 0.6 is 0 Å². The standard InChI is InChI=1S/C21H34O5Si/c1-20(2,3)27(6,7)26-19(18-15-24-21(4,5)25-18)17(13-22)23-14-16-11-9-8-10-12-16/h8-13,17-19H,14-15H2,1-7H3/t17-,18-,19+/m0/s1. The van der Waals surface area contributed by atoms with E-state index in [-0.39, 0.29) is 11.1 Å². The molecule has 1 aromatic rings. The molecular weight excluding hydrogens is 360 g/mol. The minimum atomic E-state index is -2.14. The van der Waals surface area contributed by atoms with Crippen LogP contribution in [0.3, 0.4) is 0 Å². The quantitative estimate of drug-likeness (QED) is 0.486. The van der Waals surface area contributed by atoms with Gasteiger partial charge < -0.3 is 23.4 Å². The first kappa shape index (κ1) is 22.2. The van der Waals surface area contributed by atoms with Crippen LogP contribution in [-0.4, -0.2) is 45.3 Å². The molecule has 1 aliphatic rings. The number of benzene rings is 1. The number of rotatable bonds is 8. The fourth-order valence-electron chi connectivity index (χ4n) is 2.73. The van der Waals surface area contributed by atoms with Gasteiger partial charge in [-0.25, -0.2) is 0 Å². The highest BCUT2D eigenvalue weighted by Gasteiger charge is 2.47. The maximum absolute atomic E-state index is 11.9. The van der Waals surface area contributed by atoms with E-state index in [1.807, 2.05) is 44.2 Å². The summed E-state index contributed by atoms with van der Waals surface area (Å²) < 4.78 is 24.3. The van der Waals surface area contributed by atoms with E-state index in [4.69, 9.17) is 18.6 Å². The highest BCUT2D eigenvalue weighted by Crippen LogP contribution is 2.39. The molecule has 0 aliphatic carbocycles. The van der Waals surface area contributed by atoms with E-state index in [0.29, 0.717) is 13.2 Å². The van der Waals surface area contributed by atoms with E-state index in [1.165, 1.54) is 0 Å². The van der Waals surface area contributed by atoms with Gasteiger partial charge in [-0.1, -0.05) is 51.1 Å². The highest BCUT2D eigenvalue weighted by molar-refractivity contribution is 6.74. The number of aldehydes is 1. The van der Waals surface area contributed by atoms with Crippen LogP contribution in [-0.2, 0) is 30.0 Å². The monoisotopic (exact) mass is 394 g/mol. The molecule has 6 heteroatoms. The Labute approximate surface area is 164 Å². The van der Waals surface area contributed by atoms with Gasteiger partial charge in [0.15, 0.2) is 20.4 Å². The molecule has 1 saturated heterocycles. The second-order valence-corrected chi connectivity index (χ2v) is 13.9. The van der Waals surface area contributed by atoms with Crippen LogP contribution in [0.25, 0.3) is 0 Å². The van der Waals surface area contributed by atoms with E-state index in [2.05, 4.69) is 33.9 Å². The third-order valence-electron chi connectivity index (χ3n) is 5.38. The lowest BCUT2D eigenvalue weighted by Gasteiger charge is -2.41. The summed E-state index contributed by atoms with van der Waals surface area (Å²) in [6.45, 7) is 15.3. The molecule has 0 N–H and O–H groups in total. The average Bonchev–Trinajstić information content (AvgIpc) is 2.94. The fourth-order valence-corrected chi connectivity index (χ4v) is 4.05. The van der Waals surface area contributed by atoms with Crippen molar-refractivity contribution in [1.29, 1.82) is 0 Å². The molecule has 5 nitrogen and oxygen atoms in total. The third-order valence-corrected chi connectivity index (χ3v) is 9.85. The maximum Gasteiger partial charge on any atom is 0.192 e. The Morgan fingerprint density at radius 2 is 1.89 bits per heavy atom. The SMILES string of the molecule is CC1(C)OC[C@@H]([C@H](O[Si](C)(C)C(C)(C)C)[C@H](C=O)OCc2ccccc2)O1. The number of ether oxygens (including phenoxy) is 3. The predicted octanol–water partition coefficient (Wildman–Crippen LogP) is 4.31. The van der Waals surface area contributed by atoms with E-state index in [9.17, 15) is 4.79 Å². The lowest BCUT2D eigenvalue weighted by atomic mass is 10.1. The van der Waals surface area contributed by atoms with Crippen molar-refractivity contribution in [2.75, 3.05) is 6.61 Å². The number of carbonyl (C=O) groups excluding carboxylic acids is 1. The number of carbonyl (C=O) groups is 1. The molecule has 0 spiro atoms. The Kier molecular flexibility index (Phi) is 7.03. The van der Waals surface area contributed by atoms with Crippen molar-refractivity contribution in [3.63, 3.8) is 0 Å². The minimum Gasteiger partial charge on any atom is -0.408 e. The Hall–Kier alpha value is -1.05. The molecule has 27 heavy (non-hydrogen) atoms. The van der Waals surface area contributed by atoms with Crippen molar-refractivity contribution in [3.8, 4) is 0 Å². The van der Waals surface area contributed by atoms with Gasteiger partial charge in [0.05, 0.1) is 13.2 Å². The summed E-state index contributed by atoms with van der Waals surface area (Å²) in [5.74, 6) is -0.688. The summed E-state index contributed by atoms with van der Waals surface area (Å²) >= 11 is 0. The van der Waals surface area contributed by atoms with Gasteiger partial charge in [-0.3, -0.25) is 0 Å². The Morgan fingerprint density at radius 3 is 2.37 bits per heavy atom. The largest absolute Gasteiger partial charge is 0.408 e. The lowest BCUT2D eigenvalue weighted by molar-refractivity contribution is -0.165. The summed E-state index contributed by atoms with van der Waals surface area (Å²) in [6.07, 6.45) is -0.745. The first-order chi connectivity index (χ1) is 12.5. The fraction of sp³-hybridized carbons (Fsp3) is 0.667. The first-order valence-electron chi connectivity index (χ1n) is 9.56. The number of hydrogen-bond acceptors (Lipinski definition) is 5. The molecule has 1 fully saturated rings. The summed E-state index contributed by atoms with van der Waals surface area (Å²) in [4.78, 5) is 11.9. The summed E-state index contributed by atoms with van der Waals surface area (Å²) in [5, 5.41) is 0.00704. The molecule has 1 aromatic carbocycles. The van der Waals surface area contributed by atoms with Crippen LogP contribution in [0.5, 0.6) is 0 Å². The van der Waals surface area contributed by atoms with Gasteiger partial charge in [-0.15, -0.1) is 0 Å². The molecule has 3 atom stereocenters. The van der Waals surface area contributed by atoms with Crippen LogP contribution in [0.15, 0.2) is 30.3 Å². The van der Waals surface area contributed by atoms with E-state index < -0.39 is 26.3 Å². The molecule has 1 heterocycles. The zero-order valence-corrected chi connectivity index (χ0v) is 18.7. The van der Waals surface area contributed by atoms with Crippen LogP contribution in [0.2, 0.25) is 18.1 Å². The second-order valence-electron chi connectivity index (χ2n) is 9.11. The Morgan fingerprint density at radius 1 is 1.26 bits per heavy atom. The van der Waals surface area contributed by atoms with Crippen molar-refractivity contribution < 1.29 is 23.4 Å². The van der Waals surface area contributed by atoms with E-state index in [1.54, 1.807) is 0 Å². The van der Waals surface area contributed by atoms with Gasteiger partial charge in [0.2, 0.25) is 0 Å². The predicted molar refractivity (Wildman–Crippen MR) is 108 cm³/mol. The number of hydrogen-bond donors (Lipinski definition) is 0. The second kappa shape index (κ2) is 8.53. The van der Waals surface area contributed by atoms with E-state index >= 15 is 0 Å². The topological polar surface area (TPSA) is 54.0 Å². The highest BCUT2D eigenvalue weighted by atomic mass is 28.4. The van der Waals surface area contributed by atoms with Crippen LogP contribution in [0.4, 0.5) is 0 Å². The van der Waals surface area contributed by atoms with Crippen LogP contribution in [0, 0.1) is 0 Å². The average molecular weight is 395 g/mol. The molecule has 1 aliphatic heterocycles. The van der Waals surface area contributed by atoms with Crippen molar-refractivity contribution in [3.05, 3.63) is 35.9 Å². The van der Waals surface area contributed by atoms with Gasteiger partial charge in [0, 0.05) is 0 Å². The molecule has 2 rings (SSSR count). The normalized spacial score (nSPS) is 22.4. The van der Waals surface area contributed by atoms with Crippen molar-refractivity contribution in [2.24, 2.45) is 0 Å². The van der Waals surface area contributed by atoms with E-state index in [0.717, 1.165) is 11.8 Å².